The molecule has 5 heteroatoms. The summed E-state index contributed by atoms with van der Waals surface area (Å²) in [6.07, 6.45) is 0.688. The molecule has 20 heavy (non-hydrogen) atoms. The normalized spacial score (nSPS) is 33.5. The Morgan fingerprint density at radius 1 is 1.20 bits per heavy atom. The summed E-state index contributed by atoms with van der Waals surface area (Å²) in [5, 5.41) is -0.599. The van der Waals surface area contributed by atoms with Gasteiger partial charge < -0.3 is 4.74 Å². The molecular formula is C15H21NO3S. The molecule has 3 rings (SSSR count). The molecular weight excluding hydrogens is 274 g/mol. The molecule has 2 aliphatic rings. The van der Waals surface area contributed by atoms with Crippen molar-refractivity contribution in [3.05, 3.63) is 35.9 Å². The summed E-state index contributed by atoms with van der Waals surface area (Å²) < 4.78 is 30.5. The van der Waals surface area contributed by atoms with E-state index in [2.05, 4.69) is 4.90 Å². The van der Waals surface area contributed by atoms with Gasteiger partial charge in [-0.15, -0.1) is 0 Å². The Kier molecular flexibility index (Phi) is 3.84. The summed E-state index contributed by atoms with van der Waals surface area (Å²) in [7, 11) is -3.05. The monoisotopic (exact) mass is 295 g/mol. The third kappa shape index (κ3) is 2.18. The smallest absolute Gasteiger partial charge is 0.163 e. The van der Waals surface area contributed by atoms with Gasteiger partial charge in [-0.1, -0.05) is 37.3 Å². The molecule has 0 saturated carbocycles. The van der Waals surface area contributed by atoms with E-state index in [4.69, 9.17) is 4.74 Å². The van der Waals surface area contributed by atoms with Crippen LogP contribution in [0.25, 0.3) is 0 Å². The highest BCUT2D eigenvalue weighted by molar-refractivity contribution is 7.93. The Morgan fingerprint density at radius 3 is 2.45 bits per heavy atom. The molecule has 2 fully saturated rings. The van der Waals surface area contributed by atoms with Crippen LogP contribution in [0, 0.1) is 0 Å². The largest absolute Gasteiger partial charge is 0.379 e. The maximum absolute atomic E-state index is 12.6. The fourth-order valence-electron chi connectivity index (χ4n) is 3.49. The number of morpholine rings is 1. The van der Waals surface area contributed by atoms with Gasteiger partial charge in [-0.2, -0.15) is 0 Å². The molecule has 0 spiro atoms. The molecule has 0 aromatic heterocycles. The minimum absolute atomic E-state index is 0.108. The highest BCUT2D eigenvalue weighted by Gasteiger charge is 2.57. The zero-order chi connectivity index (χ0) is 14.2. The van der Waals surface area contributed by atoms with Gasteiger partial charge in [0.05, 0.1) is 18.5 Å². The quantitative estimate of drug-likeness (QED) is 0.850. The van der Waals surface area contributed by atoms with Crippen LogP contribution in [0.3, 0.4) is 0 Å². The number of ether oxygens (including phenoxy) is 1. The Bertz CT molecular complexity index is 552. The van der Waals surface area contributed by atoms with Crippen LogP contribution in [0.5, 0.6) is 0 Å². The molecule has 3 atom stereocenters. The van der Waals surface area contributed by atoms with E-state index in [9.17, 15) is 8.42 Å². The lowest BCUT2D eigenvalue weighted by Gasteiger charge is -2.50. The van der Waals surface area contributed by atoms with Crippen molar-refractivity contribution in [1.29, 1.82) is 0 Å². The first-order valence-electron chi connectivity index (χ1n) is 7.25. The number of hydrogen-bond donors (Lipinski definition) is 0. The molecule has 0 amide bonds. The third-order valence-electron chi connectivity index (χ3n) is 4.46. The average molecular weight is 295 g/mol. The highest BCUT2D eigenvalue weighted by atomic mass is 32.2. The topological polar surface area (TPSA) is 46.6 Å². The SMILES string of the molecule is CCC1C(N2CCOCC2)C(c2ccccc2)S1(=O)=O. The maximum atomic E-state index is 12.6. The molecule has 0 aliphatic carbocycles. The highest BCUT2D eigenvalue weighted by Crippen LogP contribution is 2.46. The van der Waals surface area contributed by atoms with Crippen LogP contribution >= 0.6 is 0 Å². The molecule has 3 unspecified atom stereocenters. The van der Waals surface area contributed by atoms with Gasteiger partial charge >= 0.3 is 0 Å². The molecule has 2 aliphatic heterocycles. The number of rotatable bonds is 3. The standard InChI is InChI=1S/C15H21NO3S/c1-2-13-14(16-8-10-19-11-9-16)15(20(13,17)18)12-6-4-3-5-7-12/h3-7,13-15H,2,8-11H2,1H3. The molecule has 110 valence electrons. The van der Waals surface area contributed by atoms with Crippen molar-refractivity contribution in [3.63, 3.8) is 0 Å². The lowest BCUT2D eigenvalue weighted by atomic mass is 9.97. The summed E-state index contributed by atoms with van der Waals surface area (Å²) >= 11 is 0. The van der Waals surface area contributed by atoms with Crippen molar-refractivity contribution in [2.24, 2.45) is 0 Å². The zero-order valence-corrected chi connectivity index (χ0v) is 12.6. The molecule has 1 aromatic carbocycles. The van der Waals surface area contributed by atoms with Crippen LogP contribution < -0.4 is 0 Å². The summed E-state index contributed by atoms with van der Waals surface area (Å²) in [4.78, 5) is 2.30. The first kappa shape index (κ1) is 14.0. The number of benzene rings is 1. The van der Waals surface area contributed by atoms with Crippen molar-refractivity contribution in [1.82, 2.24) is 4.90 Å². The summed E-state index contributed by atoms with van der Waals surface area (Å²) in [5.41, 5.74) is 0.925. The van der Waals surface area contributed by atoms with E-state index in [1.165, 1.54) is 0 Å². The summed E-state index contributed by atoms with van der Waals surface area (Å²) in [6.45, 7) is 5.04. The van der Waals surface area contributed by atoms with Gasteiger partial charge in [0, 0.05) is 19.1 Å². The van der Waals surface area contributed by atoms with Crippen LogP contribution in [0.4, 0.5) is 0 Å². The van der Waals surface area contributed by atoms with Crippen LogP contribution in [-0.4, -0.2) is 50.9 Å². The molecule has 2 heterocycles. The minimum Gasteiger partial charge on any atom is -0.379 e. The Hall–Kier alpha value is -0.910. The van der Waals surface area contributed by atoms with Crippen LogP contribution in [0.15, 0.2) is 30.3 Å². The molecule has 0 bridgehead atoms. The first-order chi connectivity index (χ1) is 9.66. The molecule has 4 nitrogen and oxygen atoms in total. The van der Waals surface area contributed by atoms with Crippen molar-refractivity contribution < 1.29 is 13.2 Å². The van der Waals surface area contributed by atoms with Crippen molar-refractivity contribution in [2.45, 2.75) is 29.9 Å². The fourth-order valence-corrected chi connectivity index (χ4v) is 6.06. The fraction of sp³-hybridized carbons (Fsp3) is 0.600. The average Bonchev–Trinajstić information content (AvgIpc) is 2.47. The number of nitrogens with zero attached hydrogens (tertiary/aromatic N) is 1. The van der Waals surface area contributed by atoms with Gasteiger partial charge in [0.25, 0.3) is 0 Å². The van der Waals surface area contributed by atoms with E-state index in [-0.39, 0.29) is 16.5 Å². The second-order valence-corrected chi connectivity index (χ2v) is 7.80. The van der Waals surface area contributed by atoms with E-state index >= 15 is 0 Å². The third-order valence-corrected chi connectivity index (χ3v) is 7.18. The zero-order valence-electron chi connectivity index (χ0n) is 11.7. The summed E-state index contributed by atoms with van der Waals surface area (Å²) in [6, 6.07) is 9.73. The Labute approximate surface area is 120 Å². The predicted molar refractivity (Wildman–Crippen MR) is 78.4 cm³/mol. The van der Waals surface area contributed by atoms with Crippen molar-refractivity contribution in [2.75, 3.05) is 26.3 Å². The van der Waals surface area contributed by atoms with E-state index < -0.39 is 9.84 Å². The minimum atomic E-state index is -3.05. The summed E-state index contributed by atoms with van der Waals surface area (Å²) in [5.74, 6) is 0. The van der Waals surface area contributed by atoms with Gasteiger partial charge in [0.2, 0.25) is 0 Å². The Morgan fingerprint density at radius 2 is 1.85 bits per heavy atom. The molecule has 1 aromatic rings. The molecule has 2 saturated heterocycles. The number of hydrogen-bond acceptors (Lipinski definition) is 4. The molecule has 0 N–H and O–H groups in total. The lowest BCUT2D eigenvalue weighted by molar-refractivity contribution is 0.00905. The van der Waals surface area contributed by atoms with E-state index in [0.717, 1.165) is 18.7 Å². The van der Waals surface area contributed by atoms with Crippen LogP contribution in [-0.2, 0) is 14.6 Å². The first-order valence-corrected chi connectivity index (χ1v) is 8.86. The van der Waals surface area contributed by atoms with Gasteiger partial charge in [0.15, 0.2) is 9.84 Å². The predicted octanol–water partition coefficient (Wildman–Crippen LogP) is 1.64. The van der Waals surface area contributed by atoms with Crippen LogP contribution in [0.1, 0.15) is 24.2 Å². The van der Waals surface area contributed by atoms with Crippen molar-refractivity contribution in [3.8, 4) is 0 Å². The maximum Gasteiger partial charge on any atom is 0.163 e. The van der Waals surface area contributed by atoms with Gasteiger partial charge in [-0.25, -0.2) is 8.42 Å². The van der Waals surface area contributed by atoms with E-state index in [1.807, 2.05) is 37.3 Å². The van der Waals surface area contributed by atoms with E-state index in [1.54, 1.807) is 0 Å². The van der Waals surface area contributed by atoms with Gasteiger partial charge in [0.1, 0.15) is 5.25 Å². The Balaban J connectivity index is 1.92. The van der Waals surface area contributed by atoms with Crippen LogP contribution in [0.2, 0.25) is 0 Å². The second-order valence-electron chi connectivity index (χ2n) is 5.51. The van der Waals surface area contributed by atoms with Crippen molar-refractivity contribution >= 4 is 9.84 Å². The van der Waals surface area contributed by atoms with Gasteiger partial charge in [-0.05, 0) is 12.0 Å². The second kappa shape index (κ2) is 5.47. The lowest BCUT2D eigenvalue weighted by Crippen LogP contribution is -2.63. The van der Waals surface area contributed by atoms with Gasteiger partial charge in [-0.3, -0.25) is 4.90 Å². The van der Waals surface area contributed by atoms with E-state index in [0.29, 0.717) is 19.6 Å². The molecule has 0 radical (unpaired) electrons. The number of sulfone groups is 1.